The summed E-state index contributed by atoms with van der Waals surface area (Å²) in [5.41, 5.74) is 1.87. The van der Waals surface area contributed by atoms with Crippen LogP contribution in [0.5, 0.6) is 0 Å². The molecule has 0 fully saturated rings. The van der Waals surface area contributed by atoms with Crippen LogP contribution in [0.3, 0.4) is 0 Å². The van der Waals surface area contributed by atoms with Gasteiger partial charge in [-0.1, -0.05) is 38.1 Å². The molecule has 0 radical (unpaired) electrons. The number of fused-ring (bicyclic) bond motifs is 1. The second kappa shape index (κ2) is 6.14. The van der Waals surface area contributed by atoms with E-state index in [4.69, 9.17) is 0 Å². The van der Waals surface area contributed by atoms with Crippen LogP contribution in [0.2, 0.25) is 0 Å². The number of hydrogen-bond acceptors (Lipinski definition) is 2. The van der Waals surface area contributed by atoms with Gasteiger partial charge in [0.2, 0.25) is 5.91 Å². The van der Waals surface area contributed by atoms with Crippen molar-refractivity contribution in [3.8, 4) is 0 Å². The smallest absolute Gasteiger partial charge is 0.244 e. The van der Waals surface area contributed by atoms with Crippen LogP contribution in [0.25, 0.3) is 17.0 Å². The van der Waals surface area contributed by atoms with Crippen molar-refractivity contribution in [2.24, 2.45) is 5.92 Å². The zero-order chi connectivity index (χ0) is 13.7. The maximum Gasteiger partial charge on any atom is 0.244 e. The molecule has 0 bridgehead atoms. The monoisotopic (exact) mass is 254 g/mol. The number of pyridine rings is 1. The van der Waals surface area contributed by atoms with E-state index in [1.165, 1.54) is 0 Å². The molecule has 1 heterocycles. The number of aromatic nitrogens is 1. The molecule has 1 amide bonds. The van der Waals surface area contributed by atoms with Crippen molar-refractivity contribution in [1.29, 1.82) is 0 Å². The number of nitrogens with zero attached hydrogens (tertiary/aromatic N) is 1. The van der Waals surface area contributed by atoms with E-state index in [2.05, 4.69) is 24.1 Å². The minimum absolute atomic E-state index is 0.0679. The van der Waals surface area contributed by atoms with Gasteiger partial charge in [0.15, 0.2) is 0 Å². The van der Waals surface area contributed by atoms with E-state index >= 15 is 0 Å². The average molecular weight is 254 g/mol. The Labute approximate surface area is 113 Å². The lowest BCUT2D eigenvalue weighted by Gasteiger charge is -2.04. The second-order valence-corrected chi connectivity index (χ2v) is 4.89. The Morgan fingerprint density at radius 3 is 2.89 bits per heavy atom. The maximum absolute atomic E-state index is 11.6. The molecule has 1 aromatic carbocycles. The van der Waals surface area contributed by atoms with Gasteiger partial charge in [-0.15, -0.1) is 0 Å². The molecule has 0 aliphatic rings. The Bertz CT molecular complexity index is 597. The van der Waals surface area contributed by atoms with Crippen molar-refractivity contribution in [3.63, 3.8) is 0 Å². The molecule has 0 saturated heterocycles. The predicted octanol–water partition coefficient (Wildman–Crippen LogP) is 3.02. The number of hydrogen-bond donors (Lipinski definition) is 1. The average Bonchev–Trinajstić information content (AvgIpc) is 2.42. The minimum Gasteiger partial charge on any atom is -0.352 e. The van der Waals surface area contributed by atoms with Crippen LogP contribution in [0.4, 0.5) is 0 Å². The van der Waals surface area contributed by atoms with Crippen molar-refractivity contribution in [1.82, 2.24) is 10.3 Å². The van der Waals surface area contributed by atoms with Gasteiger partial charge >= 0.3 is 0 Å². The number of nitrogens with one attached hydrogen (secondary N) is 1. The lowest BCUT2D eigenvalue weighted by atomic mass is 10.1. The Kier molecular flexibility index (Phi) is 4.29. The van der Waals surface area contributed by atoms with Crippen LogP contribution in [0, 0.1) is 5.92 Å². The molecule has 3 heteroatoms. The molecule has 2 aromatic rings. The van der Waals surface area contributed by atoms with Gasteiger partial charge in [-0.25, -0.2) is 0 Å². The van der Waals surface area contributed by atoms with Crippen LogP contribution in [0.1, 0.15) is 19.4 Å². The summed E-state index contributed by atoms with van der Waals surface area (Å²) in [6.07, 6.45) is 5.13. The Morgan fingerprint density at radius 1 is 1.32 bits per heavy atom. The van der Waals surface area contributed by atoms with Gasteiger partial charge < -0.3 is 5.32 Å². The van der Waals surface area contributed by atoms with Crippen molar-refractivity contribution in [2.45, 2.75) is 13.8 Å². The fraction of sp³-hybridized carbons (Fsp3) is 0.250. The molecule has 0 unspecified atom stereocenters. The van der Waals surface area contributed by atoms with Crippen LogP contribution in [-0.2, 0) is 4.79 Å². The third kappa shape index (κ3) is 3.65. The lowest BCUT2D eigenvalue weighted by Crippen LogP contribution is -2.25. The highest BCUT2D eigenvalue weighted by Gasteiger charge is 2.00. The summed E-state index contributed by atoms with van der Waals surface area (Å²) < 4.78 is 0. The highest BCUT2D eigenvalue weighted by atomic mass is 16.1. The topological polar surface area (TPSA) is 42.0 Å². The Hall–Kier alpha value is -2.16. The van der Waals surface area contributed by atoms with Gasteiger partial charge in [0.05, 0.1) is 5.52 Å². The third-order valence-electron chi connectivity index (χ3n) is 2.76. The molecule has 0 atom stereocenters. The van der Waals surface area contributed by atoms with Crippen molar-refractivity contribution in [2.75, 3.05) is 6.54 Å². The van der Waals surface area contributed by atoms with Gasteiger partial charge in [-0.05, 0) is 18.1 Å². The standard InChI is InChI=1S/C16H18N2O/c1-12(2)11-18-15(19)9-8-14-6-3-5-13-7-4-10-17-16(13)14/h3-10,12H,11H2,1-2H3,(H,18,19)/b9-8+. The van der Waals surface area contributed by atoms with Gasteiger partial charge in [0.1, 0.15) is 0 Å². The Balaban J connectivity index is 2.15. The molecule has 0 spiro atoms. The van der Waals surface area contributed by atoms with Crippen molar-refractivity contribution >= 4 is 22.9 Å². The van der Waals surface area contributed by atoms with E-state index in [1.807, 2.05) is 36.4 Å². The summed E-state index contributed by atoms with van der Waals surface area (Å²) in [6, 6.07) is 9.86. The summed E-state index contributed by atoms with van der Waals surface area (Å²) >= 11 is 0. The fourth-order valence-corrected chi connectivity index (χ4v) is 1.79. The first-order valence-electron chi connectivity index (χ1n) is 6.46. The first-order valence-corrected chi connectivity index (χ1v) is 6.46. The maximum atomic E-state index is 11.6. The summed E-state index contributed by atoms with van der Waals surface area (Å²) in [4.78, 5) is 16.0. The summed E-state index contributed by atoms with van der Waals surface area (Å²) in [6.45, 7) is 4.83. The zero-order valence-electron chi connectivity index (χ0n) is 11.3. The molecule has 2 rings (SSSR count). The number of amides is 1. The molecular weight excluding hydrogens is 236 g/mol. The van der Waals surface area contributed by atoms with E-state index in [9.17, 15) is 4.79 Å². The SMILES string of the molecule is CC(C)CNC(=O)/C=C/c1cccc2cccnc12. The third-order valence-corrected chi connectivity index (χ3v) is 2.76. The van der Waals surface area contributed by atoms with Gasteiger partial charge in [0, 0.05) is 29.8 Å². The number of carbonyl (C=O) groups excluding carboxylic acids is 1. The van der Waals surface area contributed by atoms with Crippen molar-refractivity contribution in [3.05, 3.63) is 48.2 Å². The second-order valence-electron chi connectivity index (χ2n) is 4.89. The lowest BCUT2D eigenvalue weighted by molar-refractivity contribution is -0.116. The molecule has 1 N–H and O–H groups in total. The van der Waals surface area contributed by atoms with Gasteiger partial charge in [-0.3, -0.25) is 9.78 Å². The number of rotatable bonds is 4. The van der Waals surface area contributed by atoms with Crippen molar-refractivity contribution < 1.29 is 4.79 Å². The first-order chi connectivity index (χ1) is 9.16. The molecular formula is C16H18N2O. The van der Waals surface area contributed by atoms with Gasteiger partial charge in [0.25, 0.3) is 0 Å². The summed E-state index contributed by atoms with van der Waals surface area (Å²) in [5, 5.41) is 3.93. The highest BCUT2D eigenvalue weighted by molar-refractivity contribution is 5.95. The summed E-state index contributed by atoms with van der Waals surface area (Å²) in [7, 11) is 0. The first kappa shape index (κ1) is 13.3. The minimum atomic E-state index is -0.0679. The quantitative estimate of drug-likeness (QED) is 0.852. The van der Waals surface area contributed by atoms with Crippen LogP contribution < -0.4 is 5.32 Å². The molecule has 1 aromatic heterocycles. The molecule has 0 saturated carbocycles. The summed E-state index contributed by atoms with van der Waals surface area (Å²) in [5.74, 6) is 0.387. The molecule has 0 aliphatic carbocycles. The molecule has 0 aliphatic heterocycles. The predicted molar refractivity (Wildman–Crippen MR) is 78.6 cm³/mol. The molecule has 3 nitrogen and oxygen atoms in total. The van der Waals surface area contributed by atoms with E-state index in [1.54, 1.807) is 12.3 Å². The normalized spacial score (nSPS) is 11.3. The largest absolute Gasteiger partial charge is 0.352 e. The van der Waals surface area contributed by atoms with Crippen LogP contribution in [-0.4, -0.2) is 17.4 Å². The van der Waals surface area contributed by atoms with Crippen LogP contribution in [0.15, 0.2) is 42.6 Å². The number of carbonyl (C=O) groups is 1. The van der Waals surface area contributed by atoms with Crippen LogP contribution >= 0.6 is 0 Å². The fourth-order valence-electron chi connectivity index (χ4n) is 1.79. The number of benzene rings is 1. The number of para-hydroxylation sites is 1. The van der Waals surface area contributed by atoms with E-state index in [0.717, 1.165) is 16.5 Å². The molecule has 98 valence electrons. The van der Waals surface area contributed by atoms with E-state index < -0.39 is 0 Å². The molecule has 19 heavy (non-hydrogen) atoms. The van der Waals surface area contributed by atoms with Gasteiger partial charge in [-0.2, -0.15) is 0 Å². The van der Waals surface area contributed by atoms with E-state index in [-0.39, 0.29) is 5.91 Å². The van der Waals surface area contributed by atoms with E-state index in [0.29, 0.717) is 12.5 Å². The highest BCUT2D eigenvalue weighted by Crippen LogP contribution is 2.16. The Morgan fingerprint density at radius 2 is 2.11 bits per heavy atom. The zero-order valence-corrected chi connectivity index (χ0v) is 11.3.